The second-order valence-corrected chi connectivity index (χ2v) is 6.65. The molecule has 0 saturated carbocycles. The Morgan fingerprint density at radius 1 is 1.39 bits per heavy atom. The van der Waals surface area contributed by atoms with Gasteiger partial charge in [-0.3, -0.25) is 0 Å². The van der Waals surface area contributed by atoms with Crippen molar-refractivity contribution in [2.45, 2.75) is 46.6 Å². The molecule has 2 nitrogen and oxygen atoms in total. The van der Waals surface area contributed by atoms with E-state index in [1.165, 1.54) is 11.1 Å². The quantitative estimate of drug-likeness (QED) is 0.854. The van der Waals surface area contributed by atoms with Gasteiger partial charge in [-0.05, 0) is 54.0 Å². The fraction of sp³-hybridized carbons (Fsp3) is 0.625. The molecule has 18 heavy (non-hydrogen) atoms. The van der Waals surface area contributed by atoms with Crippen molar-refractivity contribution < 1.29 is 5.11 Å². The zero-order valence-electron chi connectivity index (χ0n) is 12.0. The molecule has 1 aromatic carbocycles. The van der Waals surface area contributed by atoms with Crippen LogP contribution >= 0.6 is 0 Å². The first-order valence-electron chi connectivity index (χ1n) is 6.93. The number of phenols is 1. The van der Waals surface area contributed by atoms with Gasteiger partial charge >= 0.3 is 0 Å². The van der Waals surface area contributed by atoms with Gasteiger partial charge in [0.15, 0.2) is 0 Å². The average Bonchev–Trinajstić information content (AvgIpc) is 2.66. The molecule has 0 aliphatic heterocycles. The molecule has 2 unspecified atom stereocenters. The molecule has 1 aliphatic carbocycles. The van der Waals surface area contributed by atoms with Gasteiger partial charge in [0.05, 0.1) is 0 Å². The Kier molecular flexibility index (Phi) is 3.67. The zero-order valence-corrected chi connectivity index (χ0v) is 12.0. The topological polar surface area (TPSA) is 32.3 Å². The van der Waals surface area contributed by atoms with Crippen molar-refractivity contribution in [3.63, 3.8) is 0 Å². The Balaban J connectivity index is 1.98. The standard InChI is InChI=1S/C16H25NO/c1-11(16(2,3)4)10-17-15-8-5-12-9-13(18)6-7-14(12)15/h6-7,9,11,15,17-18H,5,8,10H2,1-4H3. The molecule has 0 saturated heterocycles. The van der Waals surface area contributed by atoms with E-state index < -0.39 is 0 Å². The van der Waals surface area contributed by atoms with Crippen LogP contribution in [0.2, 0.25) is 0 Å². The van der Waals surface area contributed by atoms with E-state index in [2.05, 4.69) is 39.1 Å². The SMILES string of the molecule is CC(CNC1CCc2cc(O)ccc21)C(C)(C)C. The first-order valence-corrected chi connectivity index (χ1v) is 6.93. The number of benzene rings is 1. The van der Waals surface area contributed by atoms with Gasteiger partial charge < -0.3 is 10.4 Å². The van der Waals surface area contributed by atoms with Crippen LogP contribution in [0.1, 0.15) is 51.3 Å². The molecule has 1 aromatic rings. The summed E-state index contributed by atoms with van der Waals surface area (Å²) in [6.45, 7) is 10.2. The van der Waals surface area contributed by atoms with Gasteiger partial charge in [0, 0.05) is 6.04 Å². The Morgan fingerprint density at radius 2 is 2.11 bits per heavy atom. The van der Waals surface area contributed by atoms with Crippen LogP contribution in [0, 0.1) is 11.3 Å². The second-order valence-electron chi connectivity index (χ2n) is 6.65. The van der Waals surface area contributed by atoms with Crippen LogP contribution < -0.4 is 5.32 Å². The summed E-state index contributed by atoms with van der Waals surface area (Å²) in [6, 6.07) is 6.23. The third-order valence-electron chi connectivity index (χ3n) is 4.35. The lowest BCUT2D eigenvalue weighted by Gasteiger charge is -2.29. The number of phenolic OH excluding ortho intramolecular Hbond substituents is 1. The normalized spacial score (nSPS) is 20.8. The Morgan fingerprint density at radius 3 is 2.78 bits per heavy atom. The van der Waals surface area contributed by atoms with Crippen LogP contribution in [-0.4, -0.2) is 11.7 Å². The van der Waals surface area contributed by atoms with E-state index in [1.54, 1.807) is 6.07 Å². The summed E-state index contributed by atoms with van der Waals surface area (Å²) in [5.41, 5.74) is 3.02. The second kappa shape index (κ2) is 4.93. The zero-order chi connectivity index (χ0) is 13.3. The van der Waals surface area contributed by atoms with E-state index in [0.29, 0.717) is 23.1 Å². The monoisotopic (exact) mass is 247 g/mol. The Labute approximate surface area is 110 Å². The maximum absolute atomic E-state index is 9.49. The minimum absolute atomic E-state index is 0.351. The van der Waals surface area contributed by atoms with Gasteiger partial charge in [0.1, 0.15) is 5.75 Å². The van der Waals surface area contributed by atoms with Gasteiger partial charge in [0.2, 0.25) is 0 Å². The summed E-state index contributed by atoms with van der Waals surface area (Å²) in [7, 11) is 0. The summed E-state index contributed by atoms with van der Waals surface area (Å²) >= 11 is 0. The van der Waals surface area contributed by atoms with Crippen molar-refractivity contribution in [1.29, 1.82) is 0 Å². The molecule has 100 valence electrons. The molecule has 0 radical (unpaired) electrons. The molecule has 2 atom stereocenters. The highest BCUT2D eigenvalue weighted by molar-refractivity contribution is 5.40. The highest BCUT2D eigenvalue weighted by Crippen LogP contribution is 2.34. The predicted molar refractivity (Wildman–Crippen MR) is 75.8 cm³/mol. The molecule has 2 rings (SSSR count). The fourth-order valence-electron chi connectivity index (χ4n) is 2.44. The number of aryl methyl sites for hydroxylation is 1. The van der Waals surface area contributed by atoms with E-state index >= 15 is 0 Å². The maximum atomic E-state index is 9.49. The maximum Gasteiger partial charge on any atom is 0.115 e. The summed E-state index contributed by atoms with van der Waals surface area (Å²) in [5, 5.41) is 13.2. The van der Waals surface area contributed by atoms with Crippen molar-refractivity contribution in [1.82, 2.24) is 5.32 Å². The Hall–Kier alpha value is -1.02. The summed E-state index contributed by atoms with van der Waals surface area (Å²) in [4.78, 5) is 0. The fourth-order valence-corrected chi connectivity index (χ4v) is 2.44. The van der Waals surface area contributed by atoms with Crippen LogP contribution in [-0.2, 0) is 6.42 Å². The third kappa shape index (κ3) is 2.86. The first kappa shape index (κ1) is 13.4. The minimum Gasteiger partial charge on any atom is -0.508 e. The van der Waals surface area contributed by atoms with Crippen LogP contribution in [0.3, 0.4) is 0 Å². The van der Waals surface area contributed by atoms with Crippen molar-refractivity contribution in [3.05, 3.63) is 29.3 Å². The molecule has 0 heterocycles. The first-order chi connectivity index (χ1) is 8.38. The summed E-state index contributed by atoms with van der Waals surface area (Å²) in [6.07, 6.45) is 2.22. The Bertz CT molecular complexity index is 420. The van der Waals surface area contributed by atoms with Crippen molar-refractivity contribution in [2.75, 3.05) is 6.54 Å². The van der Waals surface area contributed by atoms with Gasteiger partial charge in [-0.25, -0.2) is 0 Å². The van der Waals surface area contributed by atoms with E-state index in [-0.39, 0.29) is 0 Å². The number of rotatable bonds is 3. The molecule has 0 bridgehead atoms. The van der Waals surface area contributed by atoms with E-state index in [4.69, 9.17) is 0 Å². The van der Waals surface area contributed by atoms with Crippen molar-refractivity contribution >= 4 is 0 Å². The predicted octanol–water partition coefficient (Wildman–Crippen LogP) is 3.65. The number of hydrogen-bond acceptors (Lipinski definition) is 2. The molecule has 2 heteroatoms. The largest absolute Gasteiger partial charge is 0.508 e. The van der Waals surface area contributed by atoms with E-state index in [0.717, 1.165) is 19.4 Å². The number of hydrogen-bond donors (Lipinski definition) is 2. The molecule has 0 fully saturated rings. The molecular formula is C16H25NO. The summed E-state index contributed by atoms with van der Waals surface area (Å²) in [5.74, 6) is 1.04. The van der Waals surface area contributed by atoms with Crippen LogP contribution in [0.25, 0.3) is 0 Å². The van der Waals surface area contributed by atoms with Gasteiger partial charge in [-0.15, -0.1) is 0 Å². The van der Waals surface area contributed by atoms with E-state index in [1.807, 2.05) is 6.07 Å². The summed E-state index contributed by atoms with van der Waals surface area (Å²) < 4.78 is 0. The molecule has 0 spiro atoms. The molecular weight excluding hydrogens is 222 g/mol. The van der Waals surface area contributed by atoms with Gasteiger partial charge in [0.25, 0.3) is 0 Å². The van der Waals surface area contributed by atoms with Crippen LogP contribution in [0.5, 0.6) is 5.75 Å². The minimum atomic E-state index is 0.351. The lowest BCUT2D eigenvalue weighted by Crippen LogP contribution is -2.31. The van der Waals surface area contributed by atoms with E-state index in [9.17, 15) is 5.11 Å². The number of nitrogens with one attached hydrogen (secondary N) is 1. The molecule has 2 N–H and O–H groups in total. The van der Waals surface area contributed by atoms with Gasteiger partial charge in [-0.1, -0.05) is 33.8 Å². The highest BCUT2D eigenvalue weighted by atomic mass is 16.3. The lowest BCUT2D eigenvalue weighted by molar-refractivity contribution is 0.245. The molecule has 1 aliphatic rings. The molecule has 0 aromatic heterocycles. The number of aromatic hydroxyl groups is 1. The lowest BCUT2D eigenvalue weighted by atomic mass is 9.82. The van der Waals surface area contributed by atoms with Gasteiger partial charge in [-0.2, -0.15) is 0 Å². The molecule has 0 amide bonds. The van der Waals surface area contributed by atoms with Crippen molar-refractivity contribution in [2.24, 2.45) is 11.3 Å². The van der Waals surface area contributed by atoms with Crippen LogP contribution in [0.15, 0.2) is 18.2 Å². The smallest absolute Gasteiger partial charge is 0.115 e. The van der Waals surface area contributed by atoms with Crippen molar-refractivity contribution in [3.8, 4) is 5.75 Å². The van der Waals surface area contributed by atoms with Crippen LogP contribution in [0.4, 0.5) is 0 Å². The average molecular weight is 247 g/mol. The number of fused-ring (bicyclic) bond motifs is 1. The third-order valence-corrected chi connectivity index (χ3v) is 4.35. The highest BCUT2D eigenvalue weighted by Gasteiger charge is 2.25.